The lowest BCUT2D eigenvalue weighted by atomic mass is 9.90. The molecule has 1 aliphatic rings. The molecule has 5 atom stereocenters. The van der Waals surface area contributed by atoms with Crippen LogP contribution in [0.15, 0.2) is 0 Å². The van der Waals surface area contributed by atoms with Gasteiger partial charge in [-0.1, -0.05) is 13.8 Å². The van der Waals surface area contributed by atoms with E-state index in [1.54, 1.807) is 13.8 Å². The van der Waals surface area contributed by atoms with Crippen molar-refractivity contribution in [3.63, 3.8) is 0 Å². The minimum absolute atomic E-state index is 0.110. The van der Waals surface area contributed by atoms with Crippen molar-refractivity contribution in [3.8, 4) is 0 Å². The molecule has 0 spiro atoms. The maximum absolute atomic E-state index is 13.4. The van der Waals surface area contributed by atoms with Gasteiger partial charge >= 0.3 is 0 Å². The Morgan fingerprint density at radius 3 is 2.29 bits per heavy atom. The van der Waals surface area contributed by atoms with E-state index in [-0.39, 0.29) is 5.92 Å². The lowest BCUT2D eigenvalue weighted by Crippen LogP contribution is -2.58. The number of hydrogen-bond donors (Lipinski definition) is 3. The summed E-state index contributed by atoms with van der Waals surface area (Å²) in [6.07, 6.45) is -6.11. The van der Waals surface area contributed by atoms with E-state index in [9.17, 15) is 14.6 Å². The van der Waals surface area contributed by atoms with Gasteiger partial charge in [-0.05, 0) is 5.92 Å². The van der Waals surface area contributed by atoms with E-state index in [2.05, 4.69) is 0 Å². The highest BCUT2D eigenvalue weighted by atomic mass is 19.1. The van der Waals surface area contributed by atoms with Gasteiger partial charge in [-0.15, -0.1) is 0 Å². The van der Waals surface area contributed by atoms with Crippen LogP contribution in [0.4, 0.5) is 4.39 Å². The normalized spacial score (nSPS) is 44.4. The molecule has 1 rings (SSSR count). The first-order chi connectivity index (χ1) is 6.49. The summed E-state index contributed by atoms with van der Waals surface area (Å²) >= 11 is 0. The second kappa shape index (κ2) is 4.53. The highest BCUT2D eigenvalue weighted by Crippen LogP contribution is 2.27. The summed E-state index contributed by atoms with van der Waals surface area (Å²) < 4.78 is 18.6. The van der Waals surface area contributed by atoms with E-state index in [1.165, 1.54) is 0 Å². The van der Waals surface area contributed by atoms with Crippen LogP contribution in [0.1, 0.15) is 13.8 Å². The number of hydrogen-bond acceptors (Lipinski definition) is 4. The first-order valence-electron chi connectivity index (χ1n) is 4.75. The standard InChI is InChI=1S/C9H17FO4/c1-4(2)9-6(10)8(13)7(12)5(3-11)14-9/h4-9,11-13H,3H2,1-2H3/t5?,6?,7-,8?,9?/m1/s1. The van der Waals surface area contributed by atoms with Gasteiger partial charge in [0.1, 0.15) is 18.3 Å². The lowest BCUT2D eigenvalue weighted by Gasteiger charge is -2.40. The SMILES string of the molecule is CC(C)C1OC(CO)[C@@H](O)C(O)C1F. The van der Waals surface area contributed by atoms with Gasteiger partial charge in [0.05, 0.1) is 12.7 Å². The zero-order valence-corrected chi connectivity index (χ0v) is 8.30. The molecular weight excluding hydrogens is 191 g/mol. The monoisotopic (exact) mass is 208 g/mol. The van der Waals surface area contributed by atoms with E-state index in [1.807, 2.05) is 0 Å². The van der Waals surface area contributed by atoms with Crippen molar-refractivity contribution in [2.24, 2.45) is 5.92 Å². The Morgan fingerprint density at radius 2 is 1.86 bits per heavy atom. The highest BCUT2D eigenvalue weighted by Gasteiger charge is 2.45. The van der Waals surface area contributed by atoms with E-state index in [4.69, 9.17) is 9.84 Å². The first-order valence-corrected chi connectivity index (χ1v) is 4.75. The minimum Gasteiger partial charge on any atom is -0.394 e. The van der Waals surface area contributed by atoms with E-state index >= 15 is 0 Å². The van der Waals surface area contributed by atoms with Crippen molar-refractivity contribution >= 4 is 0 Å². The van der Waals surface area contributed by atoms with Crippen LogP contribution < -0.4 is 0 Å². The molecule has 0 saturated carbocycles. The zero-order valence-electron chi connectivity index (χ0n) is 8.30. The number of aliphatic hydroxyl groups is 3. The van der Waals surface area contributed by atoms with Crippen molar-refractivity contribution in [1.82, 2.24) is 0 Å². The van der Waals surface area contributed by atoms with E-state index in [0.29, 0.717) is 0 Å². The lowest BCUT2D eigenvalue weighted by molar-refractivity contribution is -0.221. The molecule has 1 aliphatic heterocycles. The van der Waals surface area contributed by atoms with Crippen LogP contribution in [-0.4, -0.2) is 52.5 Å². The molecule has 1 heterocycles. The van der Waals surface area contributed by atoms with E-state index < -0.39 is 37.2 Å². The Labute approximate surface area is 82.3 Å². The van der Waals surface area contributed by atoms with Crippen molar-refractivity contribution in [3.05, 3.63) is 0 Å². The fraction of sp³-hybridized carbons (Fsp3) is 1.00. The topological polar surface area (TPSA) is 69.9 Å². The number of ether oxygens (including phenoxy) is 1. The smallest absolute Gasteiger partial charge is 0.155 e. The second-order valence-electron chi connectivity index (χ2n) is 3.99. The van der Waals surface area contributed by atoms with Gasteiger partial charge in [0.15, 0.2) is 6.17 Å². The van der Waals surface area contributed by atoms with Crippen molar-refractivity contribution in [2.45, 2.75) is 44.4 Å². The third kappa shape index (κ3) is 2.06. The molecule has 1 fully saturated rings. The molecule has 3 N–H and O–H groups in total. The van der Waals surface area contributed by atoms with Crippen LogP contribution in [0.25, 0.3) is 0 Å². The molecule has 1 saturated heterocycles. The second-order valence-corrected chi connectivity index (χ2v) is 3.99. The van der Waals surface area contributed by atoms with Crippen LogP contribution in [-0.2, 0) is 4.74 Å². The first kappa shape index (κ1) is 11.8. The molecule has 0 amide bonds. The maximum atomic E-state index is 13.4. The van der Waals surface area contributed by atoms with Gasteiger partial charge in [-0.3, -0.25) is 0 Å². The van der Waals surface area contributed by atoms with Crippen LogP contribution in [0.5, 0.6) is 0 Å². The van der Waals surface area contributed by atoms with Crippen LogP contribution >= 0.6 is 0 Å². The van der Waals surface area contributed by atoms with Gasteiger partial charge in [0.2, 0.25) is 0 Å². The van der Waals surface area contributed by atoms with Gasteiger partial charge in [0.25, 0.3) is 0 Å². The third-order valence-electron chi connectivity index (χ3n) is 2.54. The molecule has 0 aliphatic carbocycles. The molecule has 0 aromatic heterocycles. The fourth-order valence-electron chi connectivity index (χ4n) is 1.64. The number of rotatable bonds is 2. The minimum atomic E-state index is -1.60. The van der Waals surface area contributed by atoms with Gasteiger partial charge < -0.3 is 20.1 Å². The number of aliphatic hydroxyl groups excluding tert-OH is 3. The predicted molar refractivity (Wildman–Crippen MR) is 47.5 cm³/mol. The van der Waals surface area contributed by atoms with Gasteiger partial charge in [-0.2, -0.15) is 0 Å². The summed E-state index contributed by atoms with van der Waals surface area (Å²) in [7, 11) is 0. The Hall–Kier alpha value is -0.230. The Balaban J connectivity index is 2.73. The molecule has 0 radical (unpaired) electrons. The number of halogens is 1. The molecule has 84 valence electrons. The highest BCUT2D eigenvalue weighted by molar-refractivity contribution is 4.93. The summed E-state index contributed by atoms with van der Waals surface area (Å²) in [4.78, 5) is 0. The molecule has 14 heavy (non-hydrogen) atoms. The Morgan fingerprint density at radius 1 is 1.29 bits per heavy atom. The number of alkyl halides is 1. The van der Waals surface area contributed by atoms with E-state index in [0.717, 1.165) is 0 Å². The van der Waals surface area contributed by atoms with Crippen molar-refractivity contribution in [1.29, 1.82) is 0 Å². The summed E-state index contributed by atoms with van der Waals surface area (Å²) in [6.45, 7) is 3.10. The fourth-order valence-corrected chi connectivity index (χ4v) is 1.64. The van der Waals surface area contributed by atoms with Crippen LogP contribution in [0.3, 0.4) is 0 Å². The quantitative estimate of drug-likeness (QED) is 0.570. The third-order valence-corrected chi connectivity index (χ3v) is 2.54. The summed E-state index contributed by atoms with van der Waals surface area (Å²) in [6, 6.07) is 0. The zero-order chi connectivity index (χ0) is 10.9. The molecule has 0 aromatic rings. The summed E-state index contributed by atoms with van der Waals surface area (Å²) in [5.41, 5.74) is 0. The van der Waals surface area contributed by atoms with Crippen molar-refractivity contribution < 1.29 is 24.4 Å². The average molecular weight is 208 g/mol. The Bertz CT molecular complexity index is 186. The maximum Gasteiger partial charge on any atom is 0.155 e. The Kier molecular flexibility index (Phi) is 3.83. The van der Waals surface area contributed by atoms with Gasteiger partial charge in [0, 0.05) is 0 Å². The largest absolute Gasteiger partial charge is 0.394 e. The molecule has 4 unspecified atom stereocenters. The van der Waals surface area contributed by atoms with Crippen molar-refractivity contribution in [2.75, 3.05) is 6.61 Å². The molecule has 5 heteroatoms. The molecule has 0 aromatic carbocycles. The predicted octanol–water partition coefficient (Wildman–Crippen LogP) is -0.538. The molecular formula is C9H17FO4. The molecule has 4 nitrogen and oxygen atoms in total. The average Bonchev–Trinajstić information content (AvgIpc) is 2.14. The van der Waals surface area contributed by atoms with Crippen LogP contribution in [0.2, 0.25) is 0 Å². The summed E-state index contributed by atoms with van der Waals surface area (Å²) in [5.74, 6) is -0.110. The van der Waals surface area contributed by atoms with Crippen LogP contribution in [0, 0.1) is 5.92 Å². The van der Waals surface area contributed by atoms with Gasteiger partial charge in [-0.25, -0.2) is 4.39 Å². The summed E-state index contributed by atoms with van der Waals surface area (Å²) in [5, 5.41) is 27.5. The molecule has 0 bridgehead atoms.